The molecular formula is C28H34ClN3O2. The Morgan fingerprint density at radius 2 is 1.79 bits per heavy atom. The Kier molecular flexibility index (Phi) is 6.94. The first-order valence-corrected chi connectivity index (χ1v) is 13.0. The molecule has 2 aromatic rings. The van der Waals surface area contributed by atoms with Crippen LogP contribution in [0.3, 0.4) is 0 Å². The van der Waals surface area contributed by atoms with E-state index in [0.29, 0.717) is 29.1 Å². The minimum absolute atomic E-state index is 0.00783. The van der Waals surface area contributed by atoms with E-state index in [1.165, 1.54) is 18.4 Å². The molecule has 5 nitrogen and oxygen atoms in total. The molecule has 2 unspecified atom stereocenters. The van der Waals surface area contributed by atoms with E-state index in [4.69, 9.17) is 11.6 Å². The number of anilines is 1. The van der Waals surface area contributed by atoms with Crippen molar-refractivity contribution in [3.8, 4) is 0 Å². The van der Waals surface area contributed by atoms with Crippen molar-refractivity contribution in [2.75, 3.05) is 25.0 Å². The quantitative estimate of drug-likeness (QED) is 0.611. The fourth-order valence-electron chi connectivity index (χ4n) is 5.73. The standard InChI is InChI=1S/C28H34ClN3O2/c1-19-17-31(14-15-32(19)28(34)21-10-5-6-11-21)18-22-12-7-13-25(26(22)29)30-27(33)24-16-23(24)20-8-3-2-4-9-20/h2-4,7-9,12-13,19,21,23-24H,5-6,10-11,14-18H2,1H3,(H,30,33)/t19-,23?,24?/m0/s1. The summed E-state index contributed by atoms with van der Waals surface area (Å²) >= 11 is 6.75. The summed E-state index contributed by atoms with van der Waals surface area (Å²) in [4.78, 5) is 30.2. The van der Waals surface area contributed by atoms with E-state index in [2.05, 4.69) is 34.2 Å². The highest BCUT2D eigenvalue weighted by atomic mass is 35.5. The molecule has 6 heteroatoms. The molecular weight excluding hydrogens is 446 g/mol. The normalized spacial score (nSPS) is 25.4. The first-order valence-electron chi connectivity index (χ1n) is 12.7. The first-order chi connectivity index (χ1) is 16.5. The van der Waals surface area contributed by atoms with Crippen LogP contribution in [0.5, 0.6) is 0 Å². The van der Waals surface area contributed by atoms with Crippen molar-refractivity contribution in [3.63, 3.8) is 0 Å². The number of carbonyl (C=O) groups is 2. The predicted octanol–water partition coefficient (Wildman–Crippen LogP) is 5.31. The van der Waals surface area contributed by atoms with Crippen LogP contribution in [0.4, 0.5) is 5.69 Å². The van der Waals surface area contributed by atoms with Gasteiger partial charge >= 0.3 is 0 Å². The van der Waals surface area contributed by atoms with E-state index in [1.54, 1.807) is 0 Å². The van der Waals surface area contributed by atoms with Gasteiger partial charge in [-0.05, 0) is 49.3 Å². The molecule has 0 spiro atoms. The molecule has 2 aliphatic carbocycles. The van der Waals surface area contributed by atoms with Gasteiger partial charge in [0, 0.05) is 44.1 Å². The molecule has 1 saturated heterocycles. The van der Waals surface area contributed by atoms with Crippen LogP contribution in [0.2, 0.25) is 5.02 Å². The lowest BCUT2D eigenvalue weighted by Gasteiger charge is -2.41. The first kappa shape index (κ1) is 23.4. The van der Waals surface area contributed by atoms with Crippen LogP contribution in [0.1, 0.15) is 56.1 Å². The van der Waals surface area contributed by atoms with Gasteiger partial charge in [0.25, 0.3) is 0 Å². The molecule has 1 N–H and O–H groups in total. The summed E-state index contributed by atoms with van der Waals surface area (Å²) in [6, 6.07) is 16.3. The van der Waals surface area contributed by atoms with Gasteiger partial charge in [0.1, 0.15) is 0 Å². The van der Waals surface area contributed by atoms with Crippen LogP contribution >= 0.6 is 11.6 Å². The number of hydrogen-bond donors (Lipinski definition) is 1. The minimum Gasteiger partial charge on any atom is -0.337 e. The zero-order valence-corrected chi connectivity index (χ0v) is 20.6. The molecule has 0 radical (unpaired) electrons. The minimum atomic E-state index is 0.00783. The number of nitrogens with zero attached hydrogens (tertiary/aromatic N) is 2. The lowest BCUT2D eigenvalue weighted by Crippen LogP contribution is -2.54. The third kappa shape index (κ3) is 5.01. The largest absolute Gasteiger partial charge is 0.337 e. The molecule has 1 aliphatic heterocycles. The van der Waals surface area contributed by atoms with Gasteiger partial charge < -0.3 is 10.2 Å². The van der Waals surface area contributed by atoms with Crippen molar-refractivity contribution in [2.45, 2.75) is 57.5 Å². The van der Waals surface area contributed by atoms with Gasteiger partial charge in [0.05, 0.1) is 10.7 Å². The number of hydrogen-bond acceptors (Lipinski definition) is 3. The third-order valence-corrected chi connectivity index (χ3v) is 8.23. The summed E-state index contributed by atoms with van der Waals surface area (Å²) in [6.07, 6.45) is 5.35. The fraction of sp³-hybridized carbons (Fsp3) is 0.500. The van der Waals surface area contributed by atoms with E-state index in [-0.39, 0.29) is 23.8 Å². The zero-order valence-electron chi connectivity index (χ0n) is 19.9. The summed E-state index contributed by atoms with van der Waals surface area (Å²) in [5.74, 6) is 0.930. The van der Waals surface area contributed by atoms with E-state index in [0.717, 1.165) is 44.5 Å². The highest BCUT2D eigenvalue weighted by Gasteiger charge is 2.44. The molecule has 3 atom stereocenters. The predicted molar refractivity (Wildman–Crippen MR) is 136 cm³/mol. The van der Waals surface area contributed by atoms with Gasteiger partial charge in [-0.15, -0.1) is 0 Å². The average Bonchev–Trinajstić information content (AvgIpc) is 3.46. The van der Waals surface area contributed by atoms with Gasteiger partial charge in [0.15, 0.2) is 0 Å². The summed E-state index contributed by atoms with van der Waals surface area (Å²) in [5.41, 5.74) is 2.92. The molecule has 2 saturated carbocycles. The maximum Gasteiger partial charge on any atom is 0.228 e. The molecule has 3 fully saturated rings. The Morgan fingerprint density at radius 3 is 2.53 bits per heavy atom. The van der Waals surface area contributed by atoms with Gasteiger partial charge in [0.2, 0.25) is 11.8 Å². The number of amides is 2. The molecule has 5 rings (SSSR count). The van der Waals surface area contributed by atoms with Crippen molar-refractivity contribution in [1.82, 2.24) is 9.80 Å². The van der Waals surface area contributed by atoms with Crippen molar-refractivity contribution in [1.29, 1.82) is 0 Å². The highest BCUT2D eigenvalue weighted by molar-refractivity contribution is 6.34. The monoisotopic (exact) mass is 479 g/mol. The Hall–Kier alpha value is -2.37. The third-order valence-electron chi connectivity index (χ3n) is 7.78. The summed E-state index contributed by atoms with van der Waals surface area (Å²) < 4.78 is 0. The summed E-state index contributed by atoms with van der Waals surface area (Å²) in [6.45, 7) is 5.32. The molecule has 0 aromatic heterocycles. The van der Waals surface area contributed by atoms with Crippen LogP contribution in [0.25, 0.3) is 0 Å². The Morgan fingerprint density at radius 1 is 1.03 bits per heavy atom. The maximum absolute atomic E-state index is 12.9. The lowest BCUT2D eigenvalue weighted by molar-refractivity contribution is -0.140. The molecule has 1 heterocycles. The average molecular weight is 480 g/mol. The van der Waals surface area contributed by atoms with Crippen molar-refractivity contribution >= 4 is 29.1 Å². The van der Waals surface area contributed by atoms with Gasteiger partial charge in [-0.1, -0.05) is 66.9 Å². The van der Waals surface area contributed by atoms with Gasteiger partial charge in [-0.2, -0.15) is 0 Å². The number of benzene rings is 2. The SMILES string of the molecule is C[C@H]1CN(Cc2cccc(NC(=O)C3CC3c3ccccc3)c2Cl)CCN1C(=O)C1CCCC1. The van der Waals surface area contributed by atoms with Gasteiger partial charge in [-0.25, -0.2) is 0 Å². The fourth-order valence-corrected chi connectivity index (χ4v) is 5.96. The Bertz CT molecular complexity index is 1040. The Labute approximate surface area is 207 Å². The van der Waals surface area contributed by atoms with Gasteiger partial charge in [-0.3, -0.25) is 14.5 Å². The van der Waals surface area contributed by atoms with Crippen LogP contribution in [0, 0.1) is 11.8 Å². The number of piperazine rings is 1. The molecule has 2 aromatic carbocycles. The van der Waals surface area contributed by atoms with Crippen molar-refractivity contribution in [2.24, 2.45) is 11.8 Å². The summed E-state index contributed by atoms with van der Waals surface area (Å²) in [5, 5.41) is 3.68. The zero-order chi connectivity index (χ0) is 23.7. The van der Waals surface area contributed by atoms with E-state index in [9.17, 15) is 9.59 Å². The van der Waals surface area contributed by atoms with Crippen molar-refractivity contribution < 1.29 is 9.59 Å². The topological polar surface area (TPSA) is 52.7 Å². The van der Waals surface area contributed by atoms with Crippen LogP contribution in [0.15, 0.2) is 48.5 Å². The Balaban J connectivity index is 1.17. The number of carbonyl (C=O) groups excluding carboxylic acids is 2. The number of nitrogens with one attached hydrogen (secondary N) is 1. The number of rotatable bonds is 6. The van der Waals surface area contributed by atoms with Crippen LogP contribution in [-0.4, -0.2) is 47.3 Å². The lowest BCUT2D eigenvalue weighted by atomic mass is 10.0. The second-order valence-electron chi connectivity index (χ2n) is 10.2. The van der Waals surface area contributed by atoms with E-state index in [1.807, 2.05) is 36.4 Å². The molecule has 34 heavy (non-hydrogen) atoms. The molecule has 3 aliphatic rings. The van der Waals surface area contributed by atoms with Crippen LogP contribution in [-0.2, 0) is 16.1 Å². The molecule has 2 amide bonds. The maximum atomic E-state index is 12.9. The molecule has 0 bridgehead atoms. The second kappa shape index (κ2) is 10.1. The van der Waals surface area contributed by atoms with E-state index >= 15 is 0 Å². The summed E-state index contributed by atoms with van der Waals surface area (Å²) in [7, 11) is 0. The van der Waals surface area contributed by atoms with Crippen LogP contribution < -0.4 is 5.32 Å². The smallest absolute Gasteiger partial charge is 0.228 e. The van der Waals surface area contributed by atoms with Crippen molar-refractivity contribution in [3.05, 3.63) is 64.7 Å². The second-order valence-corrected chi connectivity index (χ2v) is 10.6. The number of halogens is 1. The van der Waals surface area contributed by atoms with E-state index < -0.39 is 0 Å². The highest BCUT2D eigenvalue weighted by Crippen LogP contribution is 2.48. The molecule has 180 valence electrons.